The fourth-order valence-electron chi connectivity index (χ4n) is 10.6. The van der Waals surface area contributed by atoms with Gasteiger partial charge in [0.2, 0.25) is 0 Å². The SMILES string of the molecule is CC(C)(C)c1ccc(-c2ccc(N(c3ccc(C4CCCCC4)cc3)c3ccc4c(c3)[C@]3(CCc5ccc(N(c6ccccc6)c6ccccc6)cc53)CC4)cc2)cc1. The van der Waals surface area contributed by atoms with Crippen LogP contribution < -0.4 is 9.80 Å². The highest BCUT2D eigenvalue weighted by Gasteiger charge is 2.45. The molecule has 1 atom stereocenters. The standard InChI is InChI=1S/C57H56N2/c1-56(2,3)47-27-19-42(20-28-47)44-23-31-51(32-24-44)59(50-29-21-43(22-30-50)41-13-7-4-8-14-41)53-34-26-46-36-38-57(55(46)40-53)37-35-45-25-33-52(39-54(45)57)58(48-15-9-5-10-16-48)49-17-11-6-12-18-49/h5-6,9-12,15-34,39-41H,4,7-8,13-14,35-38H2,1-3H3/t57-/m1/s1. The minimum absolute atomic E-state index is 0.00465. The smallest absolute Gasteiger partial charge is 0.0464 e. The Morgan fingerprint density at radius 1 is 0.441 bits per heavy atom. The summed E-state index contributed by atoms with van der Waals surface area (Å²) >= 11 is 0. The molecule has 10 rings (SSSR count). The van der Waals surface area contributed by atoms with E-state index in [4.69, 9.17) is 0 Å². The zero-order valence-corrected chi connectivity index (χ0v) is 35.0. The predicted molar refractivity (Wildman–Crippen MR) is 250 cm³/mol. The molecule has 2 heteroatoms. The van der Waals surface area contributed by atoms with Crippen molar-refractivity contribution in [2.45, 2.75) is 95.3 Å². The minimum atomic E-state index is -0.00465. The van der Waals surface area contributed by atoms with Crippen LogP contribution in [-0.2, 0) is 23.7 Å². The maximum atomic E-state index is 2.56. The van der Waals surface area contributed by atoms with Gasteiger partial charge in [0.15, 0.2) is 0 Å². The van der Waals surface area contributed by atoms with Crippen LogP contribution >= 0.6 is 0 Å². The second-order valence-corrected chi connectivity index (χ2v) is 18.4. The van der Waals surface area contributed by atoms with Gasteiger partial charge in [0.25, 0.3) is 0 Å². The van der Waals surface area contributed by atoms with Crippen LogP contribution in [0.1, 0.15) is 105 Å². The van der Waals surface area contributed by atoms with Crippen molar-refractivity contribution in [2.24, 2.45) is 0 Å². The van der Waals surface area contributed by atoms with Gasteiger partial charge in [-0.1, -0.05) is 137 Å². The van der Waals surface area contributed by atoms with Crippen LogP contribution in [0.15, 0.2) is 170 Å². The van der Waals surface area contributed by atoms with E-state index in [2.05, 4.69) is 200 Å². The molecule has 2 nitrogen and oxygen atoms in total. The molecule has 0 aromatic heterocycles. The Balaban J connectivity index is 1.04. The number of hydrogen-bond donors (Lipinski definition) is 0. The molecule has 1 spiro atoms. The van der Waals surface area contributed by atoms with Crippen molar-refractivity contribution in [2.75, 3.05) is 9.80 Å². The van der Waals surface area contributed by atoms with E-state index in [9.17, 15) is 0 Å². The molecule has 7 aromatic rings. The first-order chi connectivity index (χ1) is 28.8. The average molecular weight is 769 g/mol. The Morgan fingerprint density at radius 2 is 0.864 bits per heavy atom. The molecule has 7 aromatic carbocycles. The number of anilines is 6. The maximum absolute atomic E-state index is 2.56. The fourth-order valence-corrected chi connectivity index (χ4v) is 10.6. The number of nitrogens with zero attached hydrogens (tertiary/aromatic N) is 2. The number of rotatable bonds is 8. The molecule has 0 amide bonds. The molecule has 3 aliphatic rings. The lowest BCUT2D eigenvalue weighted by molar-refractivity contribution is 0.443. The quantitative estimate of drug-likeness (QED) is 0.152. The molecular weight excluding hydrogens is 713 g/mol. The highest BCUT2D eigenvalue weighted by Crippen LogP contribution is 2.55. The van der Waals surface area contributed by atoms with Crippen molar-refractivity contribution >= 4 is 34.1 Å². The van der Waals surface area contributed by atoms with E-state index in [1.54, 1.807) is 0 Å². The summed E-state index contributed by atoms with van der Waals surface area (Å²) in [5, 5.41) is 0. The molecule has 0 bridgehead atoms. The zero-order chi connectivity index (χ0) is 40.0. The van der Waals surface area contributed by atoms with Crippen LogP contribution in [0.2, 0.25) is 0 Å². The third kappa shape index (κ3) is 7.07. The molecule has 294 valence electrons. The molecule has 0 saturated heterocycles. The lowest BCUT2D eigenvalue weighted by Crippen LogP contribution is -2.22. The van der Waals surface area contributed by atoms with Crippen molar-refractivity contribution in [3.63, 3.8) is 0 Å². The summed E-state index contributed by atoms with van der Waals surface area (Å²) in [4.78, 5) is 4.92. The second kappa shape index (κ2) is 15.4. The lowest BCUT2D eigenvalue weighted by atomic mass is 9.76. The van der Waals surface area contributed by atoms with Gasteiger partial charge < -0.3 is 9.80 Å². The summed E-state index contributed by atoms with van der Waals surface area (Å²) in [7, 11) is 0. The summed E-state index contributed by atoms with van der Waals surface area (Å²) in [6, 6.07) is 64.3. The fraction of sp³-hybridized carbons (Fsp3) is 0.263. The van der Waals surface area contributed by atoms with E-state index in [-0.39, 0.29) is 10.8 Å². The van der Waals surface area contributed by atoms with Crippen molar-refractivity contribution < 1.29 is 0 Å². The van der Waals surface area contributed by atoms with Crippen LogP contribution in [0.3, 0.4) is 0 Å². The van der Waals surface area contributed by atoms with Gasteiger partial charge in [0.05, 0.1) is 0 Å². The van der Waals surface area contributed by atoms with E-state index < -0.39 is 0 Å². The Hall–Kier alpha value is -5.86. The van der Waals surface area contributed by atoms with Gasteiger partial charge in [-0.05, 0) is 167 Å². The molecule has 0 aliphatic heterocycles. The number of aryl methyl sites for hydroxylation is 2. The van der Waals surface area contributed by atoms with E-state index in [0.29, 0.717) is 5.92 Å². The molecule has 59 heavy (non-hydrogen) atoms. The van der Waals surface area contributed by atoms with Crippen molar-refractivity contribution in [3.8, 4) is 11.1 Å². The van der Waals surface area contributed by atoms with E-state index in [1.165, 1.54) is 111 Å². The number of benzene rings is 7. The topological polar surface area (TPSA) is 6.48 Å². The summed E-state index contributed by atoms with van der Waals surface area (Å²) in [6.07, 6.45) is 11.2. The van der Waals surface area contributed by atoms with Crippen LogP contribution in [-0.4, -0.2) is 0 Å². The largest absolute Gasteiger partial charge is 0.310 e. The van der Waals surface area contributed by atoms with Gasteiger partial charge in [-0.15, -0.1) is 0 Å². The number of hydrogen-bond acceptors (Lipinski definition) is 2. The van der Waals surface area contributed by atoms with Gasteiger partial charge in [-0.25, -0.2) is 0 Å². The van der Waals surface area contributed by atoms with Crippen LogP contribution in [0.5, 0.6) is 0 Å². The summed E-state index contributed by atoms with van der Waals surface area (Å²) in [5.74, 6) is 0.682. The van der Waals surface area contributed by atoms with Gasteiger partial charge in [-0.2, -0.15) is 0 Å². The van der Waals surface area contributed by atoms with Gasteiger partial charge >= 0.3 is 0 Å². The normalized spacial score (nSPS) is 17.5. The molecule has 0 unspecified atom stereocenters. The average Bonchev–Trinajstić information content (AvgIpc) is 3.85. The monoisotopic (exact) mass is 768 g/mol. The minimum Gasteiger partial charge on any atom is -0.310 e. The Labute approximate surface area is 352 Å². The molecule has 1 fully saturated rings. The zero-order valence-electron chi connectivity index (χ0n) is 35.0. The molecule has 0 radical (unpaired) electrons. The molecule has 0 heterocycles. The summed E-state index contributed by atoms with van der Waals surface area (Å²) < 4.78 is 0. The van der Waals surface area contributed by atoms with Crippen molar-refractivity contribution in [1.82, 2.24) is 0 Å². The van der Waals surface area contributed by atoms with Crippen LogP contribution in [0, 0.1) is 0 Å². The predicted octanol–water partition coefficient (Wildman–Crippen LogP) is 15.8. The first-order valence-electron chi connectivity index (χ1n) is 22.1. The highest BCUT2D eigenvalue weighted by atomic mass is 15.1. The van der Waals surface area contributed by atoms with Crippen molar-refractivity contribution in [3.05, 3.63) is 203 Å². The number of para-hydroxylation sites is 2. The van der Waals surface area contributed by atoms with E-state index in [0.717, 1.165) is 25.7 Å². The maximum Gasteiger partial charge on any atom is 0.0464 e. The molecular formula is C57H56N2. The van der Waals surface area contributed by atoms with E-state index >= 15 is 0 Å². The van der Waals surface area contributed by atoms with Crippen molar-refractivity contribution in [1.29, 1.82) is 0 Å². The molecule has 0 N–H and O–H groups in total. The second-order valence-electron chi connectivity index (χ2n) is 18.4. The Bertz CT molecular complexity index is 2500. The van der Waals surface area contributed by atoms with Gasteiger partial charge in [0.1, 0.15) is 0 Å². The van der Waals surface area contributed by atoms with Crippen LogP contribution in [0.4, 0.5) is 34.1 Å². The van der Waals surface area contributed by atoms with Gasteiger partial charge in [0, 0.05) is 39.5 Å². The van der Waals surface area contributed by atoms with Crippen LogP contribution in [0.25, 0.3) is 11.1 Å². The third-order valence-electron chi connectivity index (χ3n) is 13.8. The third-order valence-corrected chi connectivity index (χ3v) is 13.8. The Kier molecular flexibility index (Phi) is 9.76. The summed E-state index contributed by atoms with van der Waals surface area (Å²) in [6.45, 7) is 6.84. The van der Waals surface area contributed by atoms with E-state index in [1.807, 2.05) is 0 Å². The highest BCUT2D eigenvalue weighted by molar-refractivity contribution is 5.81. The molecule has 1 saturated carbocycles. The Morgan fingerprint density at radius 3 is 1.34 bits per heavy atom. The van der Waals surface area contributed by atoms with Gasteiger partial charge in [-0.3, -0.25) is 0 Å². The summed E-state index contributed by atoms with van der Waals surface area (Å²) in [5.41, 5.74) is 18.7. The lowest BCUT2D eigenvalue weighted by Gasteiger charge is -2.32. The first kappa shape index (κ1) is 37.4. The first-order valence-corrected chi connectivity index (χ1v) is 22.1. The number of fused-ring (bicyclic) bond motifs is 4. The molecule has 3 aliphatic carbocycles.